The molecular formula is C13H20FN. The molecule has 1 rings (SSSR count). The molecule has 0 amide bonds. The van der Waals surface area contributed by atoms with Gasteiger partial charge in [0, 0.05) is 19.8 Å². The molecule has 0 fully saturated rings. The van der Waals surface area contributed by atoms with E-state index in [1.165, 1.54) is 5.56 Å². The number of halogens is 1. The lowest BCUT2D eigenvalue weighted by Crippen LogP contribution is -2.12. The van der Waals surface area contributed by atoms with Crippen molar-refractivity contribution in [3.8, 4) is 0 Å². The second kappa shape index (κ2) is 4.65. The number of nitrogens with zero attached hydrogens (tertiary/aromatic N) is 1. The Morgan fingerprint density at radius 3 is 2.27 bits per heavy atom. The molecule has 0 aromatic heterocycles. The summed E-state index contributed by atoms with van der Waals surface area (Å²) in [4.78, 5) is 1.96. The lowest BCUT2D eigenvalue weighted by atomic mass is 9.97. The Kier molecular flexibility index (Phi) is 3.72. The molecule has 0 saturated carbocycles. The Morgan fingerprint density at radius 2 is 1.87 bits per heavy atom. The van der Waals surface area contributed by atoms with Crippen LogP contribution in [-0.2, 0) is 6.42 Å². The van der Waals surface area contributed by atoms with Crippen LogP contribution in [0.15, 0.2) is 12.1 Å². The quantitative estimate of drug-likeness (QED) is 0.735. The van der Waals surface area contributed by atoms with E-state index in [1.807, 2.05) is 38.9 Å². The minimum atomic E-state index is -0.0918. The van der Waals surface area contributed by atoms with Crippen LogP contribution < -0.4 is 4.90 Å². The Hall–Kier alpha value is -1.05. The van der Waals surface area contributed by atoms with Crippen molar-refractivity contribution in [2.75, 3.05) is 19.0 Å². The summed E-state index contributed by atoms with van der Waals surface area (Å²) in [6, 6.07) is 3.64. The molecule has 1 aromatic carbocycles. The number of benzene rings is 1. The lowest BCUT2D eigenvalue weighted by molar-refractivity contribution is 0.597. The van der Waals surface area contributed by atoms with Gasteiger partial charge in [0.25, 0.3) is 0 Å². The highest BCUT2D eigenvalue weighted by Gasteiger charge is 2.12. The van der Waals surface area contributed by atoms with E-state index in [1.54, 1.807) is 6.07 Å². The fraction of sp³-hybridized carbons (Fsp3) is 0.538. The maximum Gasteiger partial charge on any atom is 0.128 e. The maximum atomic E-state index is 13.8. The maximum absolute atomic E-state index is 13.8. The van der Waals surface area contributed by atoms with Crippen LogP contribution in [0.25, 0.3) is 0 Å². The zero-order chi connectivity index (χ0) is 11.6. The molecule has 15 heavy (non-hydrogen) atoms. The topological polar surface area (TPSA) is 3.24 Å². The minimum Gasteiger partial charge on any atom is -0.377 e. The van der Waals surface area contributed by atoms with Gasteiger partial charge in [-0.25, -0.2) is 4.39 Å². The first-order valence-electron chi connectivity index (χ1n) is 5.47. The van der Waals surface area contributed by atoms with Crippen LogP contribution in [0.5, 0.6) is 0 Å². The molecule has 2 heteroatoms. The third-order valence-corrected chi connectivity index (χ3v) is 2.68. The fourth-order valence-corrected chi connectivity index (χ4v) is 1.77. The Labute approximate surface area is 91.9 Å². The second-order valence-electron chi connectivity index (χ2n) is 4.41. The first-order chi connectivity index (χ1) is 6.97. The van der Waals surface area contributed by atoms with Crippen LogP contribution in [0.4, 0.5) is 10.1 Å². The largest absolute Gasteiger partial charge is 0.377 e. The molecule has 84 valence electrons. The van der Waals surface area contributed by atoms with Crippen LogP contribution >= 0.6 is 0 Å². The minimum absolute atomic E-state index is 0.0918. The van der Waals surface area contributed by atoms with Crippen molar-refractivity contribution >= 4 is 5.69 Å². The summed E-state index contributed by atoms with van der Waals surface area (Å²) in [5, 5.41) is 0. The number of hydrogen-bond donors (Lipinski definition) is 0. The predicted octanol–water partition coefficient (Wildman–Crippen LogP) is 3.58. The predicted molar refractivity (Wildman–Crippen MR) is 64.2 cm³/mol. The highest BCUT2D eigenvalue weighted by atomic mass is 19.1. The van der Waals surface area contributed by atoms with Gasteiger partial charge in [0.2, 0.25) is 0 Å². The van der Waals surface area contributed by atoms with E-state index >= 15 is 0 Å². The van der Waals surface area contributed by atoms with E-state index in [-0.39, 0.29) is 11.7 Å². The third-order valence-electron chi connectivity index (χ3n) is 2.68. The van der Waals surface area contributed by atoms with Gasteiger partial charge in [0.15, 0.2) is 0 Å². The molecule has 1 aromatic rings. The van der Waals surface area contributed by atoms with E-state index in [9.17, 15) is 4.39 Å². The van der Waals surface area contributed by atoms with Crippen LogP contribution in [0.3, 0.4) is 0 Å². The van der Waals surface area contributed by atoms with Crippen molar-refractivity contribution in [1.82, 2.24) is 0 Å². The highest BCUT2D eigenvalue weighted by Crippen LogP contribution is 2.27. The van der Waals surface area contributed by atoms with Gasteiger partial charge in [-0.05, 0) is 29.5 Å². The Bertz CT molecular complexity index is 343. The standard InChI is InChI=1S/C13H20FN/c1-6-10-7-11(9(2)3)12(14)8-13(10)15(4)5/h7-9H,6H2,1-5H3. The summed E-state index contributed by atoms with van der Waals surface area (Å²) in [6.07, 6.45) is 0.938. The molecule has 0 aliphatic rings. The summed E-state index contributed by atoms with van der Waals surface area (Å²) in [5.41, 5.74) is 3.02. The second-order valence-corrected chi connectivity index (χ2v) is 4.41. The molecule has 0 N–H and O–H groups in total. The monoisotopic (exact) mass is 209 g/mol. The first-order valence-corrected chi connectivity index (χ1v) is 5.47. The average Bonchev–Trinajstić information content (AvgIpc) is 2.16. The Balaban J connectivity index is 3.29. The third kappa shape index (κ3) is 2.49. The van der Waals surface area contributed by atoms with Crippen molar-refractivity contribution < 1.29 is 4.39 Å². The molecule has 0 radical (unpaired) electrons. The van der Waals surface area contributed by atoms with Gasteiger partial charge in [0.05, 0.1) is 0 Å². The van der Waals surface area contributed by atoms with E-state index in [4.69, 9.17) is 0 Å². The zero-order valence-electron chi connectivity index (χ0n) is 10.3. The Morgan fingerprint density at radius 1 is 1.27 bits per heavy atom. The molecule has 0 unspecified atom stereocenters. The van der Waals surface area contributed by atoms with Crippen molar-refractivity contribution in [1.29, 1.82) is 0 Å². The molecule has 0 saturated heterocycles. The zero-order valence-corrected chi connectivity index (χ0v) is 10.3. The highest BCUT2D eigenvalue weighted by molar-refractivity contribution is 5.55. The van der Waals surface area contributed by atoms with E-state index < -0.39 is 0 Å². The number of aryl methyl sites for hydroxylation is 1. The number of anilines is 1. The smallest absolute Gasteiger partial charge is 0.128 e. The molecular weight excluding hydrogens is 189 g/mol. The van der Waals surface area contributed by atoms with Gasteiger partial charge in [-0.1, -0.05) is 26.8 Å². The molecule has 0 aliphatic heterocycles. The van der Waals surface area contributed by atoms with Crippen molar-refractivity contribution in [2.45, 2.75) is 33.1 Å². The summed E-state index contributed by atoms with van der Waals surface area (Å²) in [5.74, 6) is 0.150. The van der Waals surface area contributed by atoms with Gasteiger partial charge in [-0.3, -0.25) is 0 Å². The fourth-order valence-electron chi connectivity index (χ4n) is 1.77. The summed E-state index contributed by atoms with van der Waals surface area (Å²) in [7, 11) is 3.89. The number of rotatable bonds is 3. The van der Waals surface area contributed by atoms with Gasteiger partial charge in [0.1, 0.15) is 5.82 Å². The normalized spacial score (nSPS) is 10.9. The number of hydrogen-bond acceptors (Lipinski definition) is 1. The molecule has 0 heterocycles. The van der Waals surface area contributed by atoms with E-state index in [0.717, 1.165) is 17.7 Å². The molecule has 0 atom stereocenters. The van der Waals surface area contributed by atoms with Crippen LogP contribution in [-0.4, -0.2) is 14.1 Å². The average molecular weight is 209 g/mol. The SMILES string of the molecule is CCc1cc(C(C)C)c(F)cc1N(C)C. The van der Waals surface area contributed by atoms with Crippen molar-refractivity contribution in [3.05, 3.63) is 29.1 Å². The van der Waals surface area contributed by atoms with Gasteiger partial charge < -0.3 is 4.90 Å². The van der Waals surface area contributed by atoms with Gasteiger partial charge in [-0.15, -0.1) is 0 Å². The van der Waals surface area contributed by atoms with Crippen LogP contribution in [0.1, 0.15) is 37.8 Å². The van der Waals surface area contributed by atoms with E-state index in [0.29, 0.717) is 0 Å². The van der Waals surface area contributed by atoms with E-state index in [2.05, 4.69) is 6.92 Å². The lowest BCUT2D eigenvalue weighted by Gasteiger charge is -2.19. The molecule has 0 bridgehead atoms. The first kappa shape index (κ1) is 12.0. The summed E-state index contributed by atoms with van der Waals surface area (Å²) >= 11 is 0. The van der Waals surface area contributed by atoms with Crippen LogP contribution in [0.2, 0.25) is 0 Å². The van der Waals surface area contributed by atoms with Gasteiger partial charge in [-0.2, -0.15) is 0 Å². The molecule has 1 nitrogen and oxygen atoms in total. The van der Waals surface area contributed by atoms with Gasteiger partial charge >= 0.3 is 0 Å². The van der Waals surface area contributed by atoms with Crippen molar-refractivity contribution in [3.63, 3.8) is 0 Å². The molecule has 0 spiro atoms. The molecule has 0 aliphatic carbocycles. The van der Waals surface area contributed by atoms with Crippen molar-refractivity contribution in [2.24, 2.45) is 0 Å². The summed E-state index contributed by atoms with van der Waals surface area (Å²) < 4.78 is 13.8. The van der Waals surface area contributed by atoms with Crippen LogP contribution in [0, 0.1) is 5.82 Å². The summed E-state index contributed by atoms with van der Waals surface area (Å²) in [6.45, 7) is 6.14.